The summed E-state index contributed by atoms with van der Waals surface area (Å²) in [7, 11) is 0. The maximum absolute atomic E-state index is 9.15. The fraction of sp³-hybridized carbons (Fsp3) is 0.167. The minimum atomic E-state index is -0.220. The van der Waals surface area contributed by atoms with Crippen LogP contribution in [0.5, 0.6) is 0 Å². The number of allylic oxidation sites excluding steroid dienone is 1. The van der Waals surface area contributed by atoms with Crippen LogP contribution in [0.2, 0.25) is 0 Å². The molecular weight excluding hydrogens is 448 g/mol. The van der Waals surface area contributed by atoms with Crippen molar-refractivity contribution in [2.75, 3.05) is 4.90 Å². The van der Waals surface area contributed by atoms with E-state index in [2.05, 4.69) is 98.1 Å². The zero-order chi connectivity index (χ0) is 24.7. The fourth-order valence-corrected chi connectivity index (χ4v) is 5.86. The van der Waals surface area contributed by atoms with Gasteiger partial charge in [-0.3, -0.25) is 4.90 Å². The molecule has 5 rings (SSSR count). The molecule has 2 aromatic heterocycles. The summed E-state index contributed by atoms with van der Waals surface area (Å²) in [6.07, 6.45) is 3.64. The molecule has 0 aliphatic heterocycles. The van der Waals surface area contributed by atoms with Gasteiger partial charge >= 0.3 is 0 Å². The summed E-state index contributed by atoms with van der Waals surface area (Å²) in [4.78, 5) is 12.5. The zero-order valence-electron chi connectivity index (χ0n) is 20.1. The van der Waals surface area contributed by atoms with Gasteiger partial charge in [0.2, 0.25) is 0 Å². The van der Waals surface area contributed by atoms with Crippen molar-refractivity contribution in [2.45, 2.75) is 33.1 Å². The standard InChI is InChI=1S/C30H24N4S/c1-19-6-10-22(11-7-19)34(23-12-8-20(2)9-13-23)28-16-26-25(18-33-28)29-27(30(26,3)4)15-24(35-29)14-21(17-31)32-5/h6-16,18H,1-4H3/b21-14-. The number of fused-ring (bicyclic) bond motifs is 3. The second kappa shape index (κ2) is 8.55. The van der Waals surface area contributed by atoms with E-state index >= 15 is 0 Å². The topological polar surface area (TPSA) is 44.3 Å². The zero-order valence-corrected chi connectivity index (χ0v) is 20.9. The molecule has 0 saturated heterocycles. The summed E-state index contributed by atoms with van der Waals surface area (Å²) in [5, 5.41) is 9.15. The molecule has 0 fully saturated rings. The van der Waals surface area contributed by atoms with Crippen molar-refractivity contribution in [2.24, 2.45) is 0 Å². The third-order valence-electron chi connectivity index (χ3n) is 6.56. The van der Waals surface area contributed by atoms with Gasteiger partial charge in [0.05, 0.1) is 12.6 Å². The van der Waals surface area contributed by atoms with Gasteiger partial charge in [0.15, 0.2) is 0 Å². The quantitative estimate of drug-likeness (QED) is 0.221. The molecule has 0 amide bonds. The molecule has 0 radical (unpaired) electrons. The van der Waals surface area contributed by atoms with Crippen molar-refractivity contribution in [3.8, 4) is 16.5 Å². The smallest absolute Gasteiger partial charge is 0.263 e. The Morgan fingerprint density at radius 2 is 1.60 bits per heavy atom. The molecule has 170 valence electrons. The van der Waals surface area contributed by atoms with E-state index < -0.39 is 0 Å². The van der Waals surface area contributed by atoms with E-state index in [9.17, 15) is 0 Å². The predicted octanol–water partition coefficient (Wildman–Crippen LogP) is 8.32. The van der Waals surface area contributed by atoms with Gasteiger partial charge in [0, 0.05) is 38.3 Å². The summed E-state index contributed by atoms with van der Waals surface area (Å²) < 4.78 is 0. The summed E-state index contributed by atoms with van der Waals surface area (Å²) in [6, 6.07) is 23.3. The molecule has 4 nitrogen and oxygen atoms in total. The SMILES string of the molecule is [C-]#[N+]/C(C#N)=C\c1cc2c(s1)-c1cnc(N(c3ccc(C)cc3)c3ccc(C)cc3)cc1C2(C)C. The Labute approximate surface area is 210 Å². The number of nitriles is 1. The Bertz CT molecular complexity index is 1480. The average Bonchev–Trinajstić information content (AvgIpc) is 3.37. The maximum atomic E-state index is 9.15. The molecule has 4 aromatic rings. The first-order valence-electron chi connectivity index (χ1n) is 11.4. The van der Waals surface area contributed by atoms with Crippen LogP contribution in [0.4, 0.5) is 17.2 Å². The highest BCUT2D eigenvalue weighted by Crippen LogP contribution is 2.53. The van der Waals surface area contributed by atoms with Crippen LogP contribution in [0.1, 0.15) is 41.0 Å². The Kier molecular flexibility index (Phi) is 5.52. The lowest BCUT2D eigenvalue weighted by atomic mass is 9.83. The number of nitrogens with zero attached hydrogens (tertiary/aromatic N) is 4. The van der Waals surface area contributed by atoms with Gasteiger partial charge < -0.3 is 0 Å². The van der Waals surface area contributed by atoms with Crippen molar-refractivity contribution in [3.63, 3.8) is 0 Å². The Hall–Kier alpha value is -4.19. The summed E-state index contributed by atoms with van der Waals surface area (Å²) >= 11 is 1.61. The molecule has 1 aliphatic carbocycles. The number of aromatic nitrogens is 1. The van der Waals surface area contributed by atoms with Crippen molar-refractivity contribution < 1.29 is 0 Å². The molecule has 0 atom stereocenters. The van der Waals surface area contributed by atoms with Gasteiger partial charge in [0.1, 0.15) is 5.82 Å². The van der Waals surface area contributed by atoms with Crippen LogP contribution in [0.25, 0.3) is 21.4 Å². The van der Waals surface area contributed by atoms with E-state index in [0.717, 1.165) is 32.5 Å². The van der Waals surface area contributed by atoms with E-state index in [1.165, 1.54) is 22.3 Å². The van der Waals surface area contributed by atoms with Crippen LogP contribution in [0.15, 0.2) is 72.6 Å². The number of pyridine rings is 1. The number of hydrogen-bond acceptors (Lipinski definition) is 4. The van der Waals surface area contributed by atoms with E-state index in [1.807, 2.05) is 12.3 Å². The van der Waals surface area contributed by atoms with Gasteiger partial charge in [0.25, 0.3) is 5.70 Å². The molecule has 35 heavy (non-hydrogen) atoms. The largest absolute Gasteiger partial charge is 0.295 e. The molecule has 2 heterocycles. The average molecular weight is 473 g/mol. The lowest BCUT2D eigenvalue weighted by molar-refractivity contribution is 0.661. The number of hydrogen-bond donors (Lipinski definition) is 0. The lowest BCUT2D eigenvalue weighted by Gasteiger charge is -2.27. The molecule has 0 spiro atoms. The van der Waals surface area contributed by atoms with E-state index in [0.29, 0.717) is 0 Å². The van der Waals surface area contributed by atoms with E-state index in [-0.39, 0.29) is 11.1 Å². The Balaban J connectivity index is 1.63. The molecule has 0 unspecified atom stereocenters. The van der Waals surface area contributed by atoms with Crippen LogP contribution in [-0.4, -0.2) is 4.98 Å². The van der Waals surface area contributed by atoms with Gasteiger partial charge in [-0.25, -0.2) is 15.1 Å². The third-order valence-corrected chi connectivity index (χ3v) is 7.67. The first-order valence-corrected chi connectivity index (χ1v) is 12.2. The summed E-state index contributed by atoms with van der Waals surface area (Å²) in [5.41, 5.74) is 8.00. The number of benzene rings is 2. The summed E-state index contributed by atoms with van der Waals surface area (Å²) in [6.45, 7) is 15.8. The number of anilines is 3. The molecule has 0 saturated carbocycles. The molecular formula is C30H24N4S. The minimum Gasteiger partial charge on any atom is -0.295 e. The van der Waals surface area contributed by atoms with Crippen molar-refractivity contribution >= 4 is 34.6 Å². The normalized spacial score (nSPS) is 13.5. The van der Waals surface area contributed by atoms with Crippen LogP contribution in [-0.2, 0) is 5.41 Å². The van der Waals surface area contributed by atoms with E-state index in [4.69, 9.17) is 16.8 Å². The first kappa shape index (κ1) is 22.6. The van der Waals surface area contributed by atoms with Gasteiger partial charge in [-0.1, -0.05) is 49.2 Å². The van der Waals surface area contributed by atoms with Crippen molar-refractivity contribution in [1.29, 1.82) is 5.26 Å². The van der Waals surface area contributed by atoms with Crippen molar-refractivity contribution in [3.05, 3.63) is 111 Å². The fourth-order valence-electron chi connectivity index (χ4n) is 4.58. The highest BCUT2D eigenvalue weighted by atomic mass is 32.1. The van der Waals surface area contributed by atoms with Crippen LogP contribution >= 0.6 is 11.3 Å². The second-order valence-electron chi connectivity index (χ2n) is 9.36. The Morgan fingerprint density at radius 1 is 1.00 bits per heavy atom. The van der Waals surface area contributed by atoms with Crippen LogP contribution in [0, 0.1) is 31.8 Å². The maximum Gasteiger partial charge on any atom is 0.263 e. The number of thiophene rings is 1. The van der Waals surface area contributed by atoms with Gasteiger partial charge in [-0.05, 0) is 67.4 Å². The van der Waals surface area contributed by atoms with Gasteiger partial charge in [-0.15, -0.1) is 11.3 Å². The number of aryl methyl sites for hydroxylation is 2. The number of rotatable bonds is 4. The van der Waals surface area contributed by atoms with Crippen LogP contribution in [0.3, 0.4) is 0 Å². The predicted molar refractivity (Wildman–Crippen MR) is 144 cm³/mol. The monoisotopic (exact) mass is 472 g/mol. The molecule has 0 N–H and O–H groups in total. The molecule has 2 aromatic carbocycles. The molecule has 0 bridgehead atoms. The van der Waals surface area contributed by atoms with Gasteiger partial charge in [-0.2, -0.15) is 0 Å². The molecule has 1 aliphatic rings. The Morgan fingerprint density at radius 3 is 2.14 bits per heavy atom. The first-order chi connectivity index (χ1) is 16.8. The second-order valence-corrected chi connectivity index (χ2v) is 10.4. The third kappa shape index (κ3) is 3.91. The highest BCUT2D eigenvalue weighted by Gasteiger charge is 2.38. The lowest BCUT2D eigenvalue weighted by Crippen LogP contribution is -2.17. The van der Waals surface area contributed by atoms with Crippen LogP contribution < -0.4 is 4.90 Å². The van der Waals surface area contributed by atoms with E-state index in [1.54, 1.807) is 17.4 Å². The molecule has 5 heteroatoms. The van der Waals surface area contributed by atoms with Crippen molar-refractivity contribution in [1.82, 2.24) is 4.98 Å². The summed E-state index contributed by atoms with van der Waals surface area (Å²) in [5.74, 6) is 0.875. The minimum absolute atomic E-state index is 0.100. The highest BCUT2D eigenvalue weighted by molar-refractivity contribution is 7.16.